The van der Waals surface area contributed by atoms with E-state index in [1.165, 1.54) is 0 Å². The Morgan fingerprint density at radius 1 is 1.00 bits per heavy atom. The number of piperidine rings is 1. The maximum Gasteiger partial charge on any atom is 0.239 e. The van der Waals surface area contributed by atoms with E-state index >= 15 is 0 Å². The first-order chi connectivity index (χ1) is 15.4. The third-order valence-electron chi connectivity index (χ3n) is 6.78. The molecule has 2 heterocycles. The molecule has 1 unspecified atom stereocenters. The lowest BCUT2D eigenvalue weighted by molar-refractivity contribution is -0.139. The van der Waals surface area contributed by atoms with E-state index in [1.54, 1.807) is 7.11 Å². The summed E-state index contributed by atoms with van der Waals surface area (Å²) in [4.78, 5) is 43.1. The van der Waals surface area contributed by atoms with Crippen molar-refractivity contribution in [2.24, 2.45) is 11.7 Å². The van der Waals surface area contributed by atoms with Crippen LogP contribution < -0.4 is 10.5 Å². The minimum Gasteiger partial charge on any atom is -0.497 e. The Morgan fingerprint density at radius 3 is 2.31 bits per heavy atom. The second-order valence-electron chi connectivity index (χ2n) is 8.80. The second-order valence-corrected chi connectivity index (χ2v) is 8.80. The van der Waals surface area contributed by atoms with Gasteiger partial charge in [-0.25, -0.2) is 0 Å². The predicted molar refractivity (Wildman–Crippen MR) is 122 cm³/mol. The molecule has 2 fully saturated rings. The minimum atomic E-state index is -0.269. The topological polar surface area (TPSA) is 96.2 Å². The number of amides is 3. The van der Waals surface area contributed by atoms with Gasteiger partial charge in [0, 0.05) is 51.6 Å². The third kappa shape index (κ3) is 6.22. The summed E-state index contributed by atoms with van der Waals surface area (Å²) in [5, 5.41) is 0. The molecule has 3 amide bonds. The molecule has 3 rings (SSSR count). The number of primary amides is 1. The van der Waals surface area contributed by atoms with Gasteiger partial charge in [0.05, 0.1) is 13.2 Å². The molecule has 0 aliphatic carbocycles. The minimum absolute atomic E-state index is 0.104. The number of carbonyl (C=O) groups excluding carboxylic acids is 3. The van der Waals surface area contributed by atoms with Crippen molar-refractivity contribution in [2.75, 3.05) is 46.4 Å². The summed E-state index contributed by atoms with van der Waals surface area (Å²) in [6, 6.07) is 7.59. The molecule has 1 aromatic carbocycles. The van der Waals surface area contributed by atoms with Crippen LogP contribution in [-0.2, 0) is 20.8 Å². The number of ether oxygens (including phenoxy) is 1. The maximum absolute atomic E-state index is 13.0. The highest BCUT2D eigenvalue weighted by atomic mass is 16.5. The molecule has 176 valence electrons. The highest BCUT2D eigenvalue weighted by molar-refractivity contribution is 5.82. The number of nitrogens with zero attached hydrogens (tertiary/aromatic N) is 3. The van der Waals surface area contributed by atoms with E-state index in [0.717, 1.165) is 30.8 Å². The smallest absolute Gasteiger partial charge is 0.239 e. The molecule has 0 spiro atoms. The first kappa shape index (κ1) is 24.0. The molecule has 2 saturated heterocycles. The van der Waals surface area contributed by atoms with E-state index < -0.39 is 0 Å². The molecule has 2 aliphatic rings. The molecule has 0 bridgehead atoms. The lowest BCUT2D eigenvalue weighted by Gasteiger charge is -2.35. The van der Waals surface area contributed by atoms with E-state index in [1.807, 2.05) is 41.0 Å². The van der Waals surface area contributed by atoms with E-state index in [0.29, 0.717) is 51.9 Å². The average molecular weight is 445 g/mol. The van der Waals surface area contributed by atoms with Gasteiger partial charge in [0.25, 0.3) is 0 Å². The van der Waals surface area contributed by atoms with Gasteiger partial charge in [0.15, 0.2) is 0 Å². The molecule has 2 N–H and O–H groups in total. The fourth-order valence-corrected chi connectivity index (χ4v) is 4.58. The Hall–Kier alpha value is -2.61. The first-order valence-corrected chi connectivity index (χ1v) is 11.6. The van der Waals surface area contributed by atoms with E-state index in [4.69, 9.17) is 10.5 Å². The number of hydrogen-bond acceptors (Lipinski definition) is 5. The van der Waals surface area contributed by atoms with Crippen molar-refractivity contribution in [3.8, 4) is 5.75 Å². The number of carbonyl (C=O) groups is 3. The number of methoxy groups -OCH3 is 1. The molecule has 8 nitrogen and oxygen atoms in total. The number of nitrogens with two attached hydrogens (primary N) is 1. The zero-order valence-electron chi connectivity index (χ0n) is 19.3. The first-order valence-electron chi connectivity index (χ1n) is 11.6. The van der Waals surface area contributed by atoms with Crippen molar-refractivity contribution >= 4 is 17.7 Å². The summed E-state index contributed by atoms with van der Waals surface area (Å²) in [5.74, 6) is 0.690. The Bertz CT molecular complexity index is 790. The normalized spacial score (nSPS) is 19.3. The molecule has 2 aliphatic heterocycles. The molecule has 0 saturated carbocycles. The zero-order valence-corrected chi connectivity index (χ0v) is 19.3. The van der Waals surface area contributed by atoms with Gasteiger partial charge >= 0.3 is 0 Å². The Morgan fingerprint density at radius 2 is 1.69 bits per heavy atom. The lowest BCUT2D eigenvalue weighted by Crippen LogP contribution is -2.51. The molecule has 1 aromatic rings. The molecular formula is C24H36N4O4. The van der Waals surface area contributed by atoms with Crippen LogP contribution in [0.15, 0.2) is 24.3 Å². The molecule has 0 aromatic heterocycles. The van der Waals surface area contributed by atoms with Crippen molar-refractivity contribution in [1.29, 1.82) is 0 Å². The Balaban J connectivity index is 1.45. The number of rotatable bonds is 7. The quantitative estimate of drug-likeness (QED) is 0.683. The Labute approximate surface area is 190 Å². The summed E-state index contributed by atoms with van der Waals surface area (Å²) in [7, 11) is 1.64. The maximum atomic E-state index is 13.0. The zero-order chi connectivity index (χ0) is 23.1. The van der Waals surface area contributed by atoms with E-state index in [-0.39, 0.29) is 29.7 Å². The standard InChI is InChI=1S/C24H36N4O4/c1-18(24(31)28-14-10-20(11-15-28)23(25)30)26-12-3-13-27(17-16-26)22(29)9-6-19-4-7-21(32-2)8-5-19/h4-5,7-8,18,20H,3,6,9-17H2,1-2H3,(H2,25,30). The van der Waals surface area contributed by atoms with Crippen molar-refractivity contribution in [2.45, 2.75) is 45.1 Å². The highest BCUT2D eigenvalue weighted by Gasteiger charge is 2.31. The number of likely N-dealkylation sites (tertiary alicyclic amines) is 1. The molecule has 8 heteroatoms. The SMILES string of the molecule is COc1ccc(CCC(=O)N2CCCN(C(C)C(=O)N3CCC(C(N)=O)CC3)CC2)cc1. The van der Waals surface area contributed by atoms with Crippen molar-refractivity contribution in [3.63, 3.8) is 0 Å². The lowest BCUT2D eigenvalue weighted by atomic mass is 9.96. The van der Waals surface area contributed by atoms with Crippen molar-refractivity contribution in [1.82, 2.24) is 14.7 Å². The summed E-state index contributed by atoms with van der Waals surface area (Å²) >= 11 is 0. The predicted octanol–water partition coefficient (Wildman–Crippen LogP) is 1.27. The van der Waals surface area contributed by atoms with E-state index in [2.05, 4.69) is 4.90 Å². The van der Waals surface area contributed by atoms with Gasteiger partial charge in [-0.05, 0) is 50.3 Å². The average Bonchev–Trinajstić information content (AvgIpc) is 3.08. The third-order valence-corrected chi connectivity index (χ3v) is 6.78. The number of hydrogen-bond donors (Lipinski definition) is 1. The van der Waals surface area contributed by atoms with Crippen LogP contribution in [0.1, 0.15) is 38.2 Å². The fraction of sp³-hybridized carbons (Fsp3) is 0.625. The van der Waals surface area contributed by atoms with E-state index in [9.17, 15) is 14.4 Å². The summed E-state index contributed by atoms with van der Waals surface area (Å²) in [6.07, 6.45) is 3.33. The monoisotopic (exact) mass is 444 g/mol. The summed E-state index contributed by atoms with van der Waals surface area (Å²) < 4.78 is 5.18. The second kappa shape index (κ2) is 11.3. The van der Waals surface area contributed by atoms with Crippen LogP contribution >= 0.6 is 0 Å². The largest absolute Gasteiger partial charge is 0.497 e. The van der Waals surface area contributed by atoms with Gasteiger partial charge < -0.3 is 20.3 Å². The van der Waals surface area contributed by atoms with Gasteiger partial charge in [0.2, 0.25) is 17.7 Å². The fourth-order valence-electron chi connectivity index (χ4n) is 4.58. The van der Waals surface area contributed by atoms with Gasteiger partial charge in [0.1, 0.15) is 5.75 Å². The van der Waals surface area contributed by atoms with Crippen LogP contribution in [0.25, 0.3) is 0 Å². The summed E-state index contributed by atoms with van der Waals surface area (Å²) in [6.45, 7) is 5.97. The highest BCUT2D eigenvalue weighted by Crippen LogP contribution is 2.19. The van der Waals surface area contributed by atoms with Crippen LogP contribution in [0.5, 0.6) is 5.75 Å². The van der Waals surface area contributed by atoms with Gasteiger partial charge in [-0.15, -0.1) is 0 Å². The molecular weight excluding hydrogens is 408 g/mol. The van der Waals surface area contributed by atoms with Gasteiger partial charge in [-0.1, -0.05) is 12.1 Å². The van der Waals surface area contributed by atoms with Crippen molar-refractivity contribution < 1.29 is 19.1 Å². The van der Waals surface area contributed by atoms with Gasteiger partial charge in [-0.2, -0.15) is 0 Å². The van der Waals surface area contributed by atoms with Crippen LogP contribution in [0.3, 0.4) is 0 Å². The molecule has 0 radical (unpaired) electrons. The Kier molecular flexibility index (Phi) is 8.50. The van der Waals surface area contributed by atoms with Crippen LogP contribution in [0, 0.1) is 5.92 Å². The summed E-state index contributed by atoms with van der Waals surface area (Å²) in [5.41, 5.74) is 6.52. The van der Waals surface area contributed by atoms with Crippen LogP contribution in [0.4, 0.5) is 0 Å². The van der Waals surface area contributed by atoms with Crippen LogP contribution in [0.2, 0.25) is 0 Å². The number of benzene rings is 1. The number of aryl methyl sites for hydroxylation is 1. The molecule has 1 atom stereocenters. The van der Waals surface area contributed by atoms with Gasteiger partial charge in [-0.3, -0.25) is 19.3 Å². The molecule has 32 heavy (non-hydrogen) atoms. The van der Waals surface area contributed by atoms with Crippen molar-refractivity contribution in [3.05, 3.63) is 29.8 Å². The van der Waals surface area contributed by atoms with Crippen LogP contribution in [-0.4, -0.2) is 84.8 Å².